The first-order valence-corrected chi connectivity index (χ1v) is 8.64. The summed E-state index contributed by atoms with van der Waals surface area (Å²) in [6.45, 7) is 7.00. The molecule has 4 heteroatoms. The molecule has 0 aliphatic carbocycles. The highest BCUT2D eigenvalue weighted by Gasteiger charge is 2.28. The van der Waals surface area contributed by atoms with Crippen LogP contribution in [0.1, 0.15) is 36.7 Å². The number of ether oxygens (including phenoxy) is 3. The molecule has 1 aliphatic heterocycles. The van der Waals surface area contributed by atoms with E-state index < -0.39 is 0 Å². The Morgan fingerprint density at radius 1 is 1.12 bits per heavy atom. The van der Waals surface area contributed by atoms with E-state index in [1.807, 2.05) is 51.1 Å². The minimum atomic E-state index is -0.137. The number of carbonyl (C=O) groups is 1. The molecule has 0 bridgehead atoms. The summed E-state index contributed by atoms with van der Waals surface area (Å²) in [6.07, 6.45) is 3.71. The Balaban J connectivity index is 1.82. The Morgan fingerprint density at radius 2 is 1.92 bits per heavy atom. The zero-order valence-corrected chi connectivity index (χ0v) is 15.2. The van der Waals surface area contributed by atoms with Crippen molar-refractivity contribution in [2.75, 3.05) is 13.2 Å². The number of hydrogen-bond acceptors (Lipinski definition) is 4. The van der Waals surface area contributed by atoms with Gasteiger partial charge in [0.15, 0.2) is 5.76 Å². The van der Waals surface area contributed by atoms with Crippen LogP contribution in [-0.4, -0.2) is 19.0 Å². The fourth-order valence-corrected chi connectivity index (χ4v) is 2.59. The number of benzene rings is 2. The summed E-state index contributed by atoms with van der Waals surface area (Å²) in [4.78, 5) is 12.6. The Morgan fingerprint density at radius 3 is 2.69 bits per heavy atom. The van der Waals surface area contributed by atoms with Crippen molar-refractivity contribution in [2.45, 2.75) is 20.8 Å². The van der Waals surface area contributed by atoms with E-state index in [4.69, 9.17) is 14.2 Å². The number of Topliss-reactive ketones (excluding diaryl/α,β-unsaturated/α-hetero) is 1. The van der Waals surface area contributed by atoms with Crippen LogP contribution >= 0.6 is 0 Å². The molecule has 0 unspecified atom stereocenters. The van der Waals surface area contributed by atoms with Crippen LogP contribution in [-0.2, 0) is 0 Å². The van der Waals surface area contributed by atoms with Gasteiger partial charge < -0.3 is 14.2 Å². The van der Waals surface area contributed by atoms with Gasteiger partial charge in [-0.1, -0.05) is 23.8 Å². The maximum atomic E-state index is 12.6. The van der Waals surface area contributed by atoms with Crippen LogP contribution < -0.4 is 14.2 Å². The lowest BCUT2D eigenvalue weighted by molar-refractivity contribution is 0.101. The molecule has 2 aromatic rings. The van der Waals surface area contributed by atoms with Crippen LogP contribution in [0.2, 0.25) is 0 Å². The molecule has 0 aromatic heterocycles. The summed E-state index contributed by atoms with van der Waals surface area (Å²) in [7, 11) is 0. The molecule has 134 valence electrons. The summed E-state index contributed by atoms with van der Waals surface area (Å²) in [5.74, 6) is 2.06. The lowest BCUT2D eigenvalue weighted by Gasteiger charge is -2.07. The minimum absolute atomic E-state index is 0.137. The second-order valence-corrected chi connectivity index (χ2v) is 6.16. The van der Waals surface area contributed by atoms with Crippen LogP contribution in [0.15, 0.2) is 59.9 Å². The van der Waals surface area contributed by atoms with Gasteiger partial charge in [0.25, 0.3) is 0 Å². The van der Waals surface area contributed by atoms with E-state index in [0.29, 0.717) is 30.3 Å². The summed E-state index contributed by atoms with van der Waals surface area (Å²) in [6, 6.07) is 12.8. The molecular formula is C22H22O4. The monoisotopic (exact) mass is 350 g/mol. The molecule has 0 fully saturated rings. The van der Waals surface area contributed by atoms with Gasteiger partial charge in [-0.3, -0.25) is 4.79 Å². The van der Waals surface area contributed by atoms with Crippen molar-refractivity contribution in [3.8, 4) is 17.2 Å². The molecule has 26 heavy (non-hydrogen) atoms. The lowest BCUT2D eigenvalue weighted by atomic mass is 10.1. The van der Waals surface area contributed by atoms with Crippen LogP contribution in [0.5, 0.6) is 17.2 Å². The first kappa shape index (κ1) is 17.8. The molecule has 0 amide bonds. The van der Waals surface area contributed by atoms with Gasteiger partial charge in [-0.15, -0.1) is 0 Å². The predicted octanol–water partition coefficient (Wildman–Crippen LogP) is 5.05. The van der Waals surface area contributed by atoms with E-state index in [9.17, 15) is 4.79 Å². The molecule has 0 spiro atoms. The van der Waals surface area contributed by atoms with E-state index in [1.165, 1.54) is 5.57 Å². The second kappa shape index (κ2) is 7.91. The maximum Gasteiger partial charge on any atom is 0.231 e. The first-order chi connectivity index (χ1) is 12.6. The third-order valence-corrected chi connectivity index (χ3v) is 3.89. The highest BCUT2D eigenvalue weighted by atomic mass is 16.5. The fourth-order valence-electron chi connectivity index (χ4n) is 2.59. The van der Waals surface area contributed by atoms with E-state index in [1.54, 1.807) is 24.3 Å². The quantitative estimate of drug-likeness (QED) is 0.540. The summed E-state index contributed by atoms with van der Waals surface area (Å²) in [5, 5.41) is 0. The second-order valence-electron chi connectivity index (χ2n) is 6.16. The normalized spacial score (nSPS) is 14.0. The molecule has 0 atom stereocenters. The molecule has 0 radical (unpaired) electrons. The Bertz CT molecular complexity index is 873. The van der Waals surface area contributed by atoms with Gasteiger partial charge in [0.1, 0.15) is 23.9 Å². The average molecular weight is 350 g/mol. The SMILES string of the molecule is CCOc1ccccc1/C=C1\Oc2cc(OCC=C(C)C)ccc2C1=O. The third kappa shape index (κ3) is 3.97. The molecule has 2 aromatic carbocycles. The Kier molecular flexibility index (Phi) is 5.42. The first-order valence-electron chi connectivity index (χ1n) is 8.64. The van der Waals surface area contributed by atoms with E-state index in [-0.39, 0.29) is 11.5 Å². The maximum absolute atomic E-state index is 12.6. The topological polar surface area (TPSA) is 44.8 Å². The number of hydrogen-bond donors (Lipinski definition) is 0. The Labute approximate surface area is 153 Å². The molecule has 4 nitrogen and oxygen atoms in total. The lowest BCUT2D eigenvalue weighted by Crippen LogP contribution is -1.99. The molecule has 1 heterocycles. The van der Waals surface area contributed by atoms with E-state index in [2.05, 4.69) is 0 Å². The number of ketones is 1. The average Bonchev–Trinajstić information content (AvgIpc) is 2.92. The van der Waals surface area contributed by atoms with Crippen molar-refractivity contribution in [3.63, 3.8) is 0 Å². The molecule has 0 saturated heterocycles. The molecule has 0 saturated carbocycles. The summed E-state index contributed by atoms with van der Waals surface area (Å²) >= 11 is 0. The van der Waals surface area contributed by atoms with Crippen LogP contribution in [0, 0.1) is 0 Å². The van der Waals surface area contributed by atoms with Crippen molar-refractivity contribution in [1.82, 2.24) is 0 Å². The van der Waals surface area contributed by atoms with E-state index >= 15 is 0 Å². The van der Waals surface area contributed by atoms with Crippen molar-refractivity contribution in [2.24, 2.45) is 0 Å². The van der Waals surface area contributed by atoms with Crippen LogP contribution in [0.4, 0.5) is 0 Å². The zero-order chi connectivity index (χ0) is 18.5. The zero-order valence-electron chi connectivity index (χ0n) is 15.2. The number of para-hydroxylation sites is 1. The van der Waals surface area contributed by atoms with Gasteiger partial charge in [-0.25, -0.2) is 0 Å². The number of rotatable bonds is 6. The number of fused-ring (bicyclic) bond motifs is 1. The Hall–Kier alpha value is -3.01. The van der Waals surface area contributed by atoms with Gasteiger partial charge in [0, 0.05) is 11.6 Å². The predicted molar refractivity (Wildman–Crippen MR) is 102 cm³/mol. The standard InChI is InChI=1S/C22H22O4/c1-4-24-19-8-6-5-7-16(19)13-21-22(23)18-10-9-17(14-20(18)26-21)25-12-11-15(2)3/h5-11,13-14H,4,12H2,1-3H3/b21-13-. The smallest absolute Gasteiger partial charge is 0.231 e. The van der Waals surface area contributed by atoms with Gasteiger partial charge in [-0.05, 0) is 51.1 Å². The number of allylic oxidation sites excluding steroid dienone is 2. The largest absolute Gasteiger partial charge is 0.493 e. The highest BCUT2D eigenvalue weighted by molar-refractivity contribution is 6.14. The minimum Gasteiger partial charge on any atom is -0.493 e. The van der Waals surface area contributed by atoms with Crippen molar-refractivity contribution in [1.29, 1.82) is 0 Å². The van der Waals surface area contributed by atoms with Crippen molar-refractivity contribution in [3.05, 3.63) is 71.0 Å². The van der Waals surface area contributed by atoms with Crippen molar-refractivity contribution >= 4 is 11.9 Å². The van der Waals surface area contributed by atoms with Gasteiger partial charge >= 0.3 is 0 Å². The number of carbonyl (C=O) groups excluding carboxylic acids is 1. The van der Waals surface area contributed by atoms with Crippen LogP contribution in [0.3, 0.4) is 0 Å². The molecule has 3 rings (SSSR count). The molecule has 0 N–H and O–H groups in total. The fraction of sp³-hybridized carbons (Fsp3) is 0.227. The van der Waals surface area contributed by atoms with Gasteiger partial charge in [0.05, 0.1) is 12.2 Å². The van der Waals surface area contributed by atoms with Crippen LogP contribution in [0.25, 0.3) is 6.08 Å². The van der Waals surface area contributed by atoms with Gasteiger partial charge in [-0.2, -0.15) is 0 Å². The highest BCUT2D eigenvalue weighted by Crippen LogP contribution is 2.35. The van der Waals surface area contributed by atoms with Gasteiger partial charge in [0.2, 0.25) is 5.78 Å². The summed E-state index contributed by atoms with van der Waals surface area (Å²) in [5.41, 5.74) is 2.54. The van der Waals surface area contributed by atoms with Crippen molar-refractivity contribution < 1.29 is 19.0 Å². The third-order valence-electron chi connectivity index (χ3n) is 3.89. The molecule has 1 aliphatic rings. The summed E-state index contributed by atoms with van der Waals surface area (Å²) < 4.78 is 17.1. The molecular weight excluding hydrogens is 328 g/mol. The van der Waals surface area contributed by atoms with E-state index in [0.717, 1.165) is 11.3 Å².